The van der Waals surface area contributed by atoms with Crippen molar-refractivity contribution in [2.45, 2.75) is 18.9 Å². The van der Waals surface area contributed by atoms with Gasteiger partial charge in [0.05, 0.1) is 0 Å². The third-order valence-electron chi connectivity index (χ3n) is 1.82. The van der Waals surface area contributed by atoms with Gasteiger partial charge >= 0.3 is 5.97 Å². The molecular weight excluding hydrogens is 149 g/mol. The van der Waals surface area contributed by atoms with Gasteiger partial charge in [-0.15, -0.1) is 0 Å². The minimum absolute atomic E-state index is 0.146. The Balaban J connectivity index is 2.26. The molecule has 0 bridgehead atoms. The lowest BCUT2D eigenvalue weighted by atomic mass is 10.2. The molecule has 0 aromatic rings. The number of rotatable bonds is 5. The summed E-state index contributed by atoms with van der Waals surface area (Å²) in [5, 5.41) is 11.3. The molecule has 0 aromatic carbocycles. The summed E-state index contributed by atoms with van der Waals surface area (Å²) in [5.41, 5.74) is 0. The molecule has 1 fully saturated rings. The molecule has 4 heteroatoms. The van der Waals surface area contributed by atoms with Gasteiger partial charge in [-0.25, -0.2) is 4.39 Å². The van der Waals surface area contributed by atoms with E-state index in [1.54, 1.807) is 0 Å². The van der Waals surface area contributed by atoms with E-state index in [1.165, 1.54) is 0 Å². The number of hydrogen-bond acceptors (Lipinski definition) is 2. The number of carbonyl (C=O) groups is 1. The van der Waals surface area contributed by atoms with Gasteiger partial charge in [0.2, 0.25) is 0 Å². The predicted molar refractivity (Wildman–Crippen MR) is 38.1 cm³/mol. The van der Waals surface area contributed by atoms with Crippen molar-refractivity contribution in [3.8, 4) is 0 Å². The highest BCUT2D eigenvalue weighted by atomic mass is 19.1. The zero-order valence-electron chi connectivity index (χ0n) is 6.22. The first-order valence-electron chi connectivity index (χ1n) is 3.78. The summed E-state index contributed by atoms with van der Waals surface area (Å²) >= 11 is 0. The monoisotopic (exact) mass is 161 g/mol. The topological polar surface area (TPSA) is 49.3 Å². The summed E-state index contributed by atoms with van der Waals surface area (Å²) in [6, 6.07) is -0.522. The van der Waals surface area contributed by atoms with Crippen LogP contribution in [0, 0.1) is 5.92 Å². The van der Waals surface area contributed by atoms with E-state index in [9.17, 15) is 9.18 Å². The zero-order valence-corrected chi connectivity index (χ0v) is 6.22. The summed E-state index contributed by atoms with van der Waals surface area (Å²) in [4.78, 5) is 10.5. The highest BCUT2D eigenvalue weighted by Gasteiger charge is 2.35. The zero-order chi connectivity index (χ0) is 8.27. The first-order chi connectivity index (χ1) is 5.25. The van der Waals surface area contributed by atoms with Crippen LogP contribution in [0.3, 0.4) is 0 Å². The number of carboxylic acid groups (broad SMARTS) is 1. The maximum atomic E-state index is 11.6. The van der Waals surface area contributed by atoms with Gasteiger partial charge in [0.15, 0.2) is 0 Å². The Kier molecular flexibility index (Phi) is 2.82. The normalized spacial score (nSPS) is 19.7. The maximum Gasteiger partial charge on any atom is 0.320 e. The van der Waals surface area contributed by atoms with Crippen LogP contribution in [0.2, 0.25) is 0 Å². The fourth-order valence-corrected chi connectivity index (χ4v) is 1.10. The fraction of sp³-hybridized carbons (Fsp3) is 0.857. The van der Waals surface area contributed by atoms with E-state index in [2.05, 4.69) is 5.32 Å². The summed E-state index contributed by atoms with van der Waals surface area (Å²) in [7, 11) is 0. The van der Waals surface area contributed by atoms with E-state index < -0.39 is 18.7 Å². The van der Waals surface area contributed by atoms with Crippen molar-refractivity contribution >= 4 is 5.97 Å². The van der Waals surface area contributed by atoms with E-state index in [-0.39, 0.29) is 12.5 Å². The van der Waals surface area contributed by atoms with Gasteiger partial charge in [0.25, 0.3) is 0 Å². The number of alkyl halides is 1. The standard InChI is InChI=1S/C7H12FNO2/c8-3-4-9-6(7(10)11)5-1-2-5/h5-6,9H,1-4H2,(H,10,11). The quantitative estimate of drug-likeness (QED) is 0.614. The highest BCUT2D eigenvalue weighted by Crippen LogP contribution is 2.32. The smallest absolute Gasteiger partial charge is 0.320 e. The van der Waals surface area contributed by atoms with Gasteiger partial charge in [-0.1, -0.05) is 0 Å². The molecule has 0 radical (unpaired) electrons. The van der Waals surface area contributed by atoms with Crippen molar-refractivity contribution in [3.63, 3.8) is 0 Å². The Bertz CT molecular complexity index is 147. The molecule has 0 spiro atoms. The van der Waals surface area contributed by atoms with E-state index in [1.807, 2.05) is 0 Å². The van der Waals surface area contributed by atoms with Crippen LogP contribution in [0.25, 0.3) is 0 Å². The molecule has 11 heavy (non-hydrogen) atoms. The Morgan fingerprint density at radius 1 is 1.73 bits per heavy atom. The number of hydrogen-bond donors (Lipinski definition) is 2. The number of carboxylic acids is 1. The molecule has 3 nitrogen and oxygen atoms in total. The van der Waals surface area contributed by atoms with Crippen LogP contribution < -0.4 is 5.32 Å². The SMILES string of the molecule is O=C(O)C(NCCF)C1CC1. The molecule has 0 amide bonds. The Labute approximate surface area is 64.6 Å². The van der Waals surface area contributed by atoms with Crippen molar-refractivity contribution in [3.05, 3.63) is 0 Å². The van der Waals surface area contributed by atoms with Crippen LogP contribution >= 0.6 is 0 Å². The molecule has 64 valence electrons. The minimum atomic E-state index is -0.860. The first kappa shape index (κ1) is 8.46. The molecule has 1 aliphatic rings. The molecular formula is C7H12FNO2. The second-order valence-electron chi connectivity index (χ2n) is 2.80. The highest BCUT2D eigenvalue weighted by molar-refractivity contribution is 5.74. The molecule has 0 aromatic heterocycles. The summed E-state index contributed by atoms with van der Waals surface area (Å²) in [5.74, 6) is -0.625. The van der Waals surface area contributed by atoms with Crippen molar-refractivity contribution in [1.82, 2.24) is 5.32 Å². The van der Waals surface area contributed by atoms with E-state index in [4.69, 9.17) is 5.11 Å². The number of halogens is 1. The van der Waals surface area contributed by atoms with Gasteiger partial charge in [-0.05, 0) is 18.8 Å². The van der Waals surface area contributed by atoms with Crippen LogP contribution in [0.1, 0.15) is 12.8 Å². The van der Waals surface area contributed by atoms with Crippen LogP contribution in [0.4, 0.5) is 4.39 Å². The molecule has 1 rings (SSSR count). The van der Waals surface area contributed by atoms with Gasteiger partial charge < -0.3 is 10.4 Å². The average Bonchev–Trinajstić information content (AvgIpc) is 2.71. The van der Waals surface area contributed by atoms with Crippen LogP contribution in [-0.2, 0) is 4.79 Å². The van der Waals surface area contributed by atoms with Gasteiger partial charge in [-0.2, -0.15) is 0 Å². The number of aliphatic carboxylic acids is 1. The van der Waals surface area contributed by atoms with Crippen molar-refractivity contribution in [1.29, 1.82) is 0 Å². The molecule has 2 N–H and O–H groups in total. The molecule has 0 aliphatic heterocycles. The lowest BCUT2D eigenvalue weighted by molar-refractivity contribution is -0.140. The fourth-order valence-electron chi connectivity index (χ4n) is 1.10. The predicted octanol–water partition coefficient (Wildman–Crippen LogP) is 0.409. The molecule has 1 atom stereocenters. The lowest BCUT2D eigenvalue weighted by Gasteiger charge is -2.10. The Morgan fingerprint density at radius 2 is 2.36 bits per heavy atom. The Morgan fingerprint density at radius 3 is 2.73 bits per heavy atom. The average molecular weight is 161 g/mol. The first-order valence-corrected chi connectivity index (χ1v) is 3.78. The van der Waals surface area contributed by atoms with E-state index >= 15 is 0 Å². The molecule has 1 unspecified atom stereocenters. The van der Waals surface area contributed by atoms with Crippen molar-refractivity contribution < 1.29 is 14.3 Å². The van der Waals surface area contributed by atoms with E-state index in [0.717, 1.165) is 12.8 Å². The lowest BCUT2D eigenvalue weighted by Crippen LogP contribution is -2.39. The summed E-state index contributed by atoms with van der Waals surface area (Å²) in [6.45, 7) is -0.357. The second kappa shape index (κ2) is 3.67. The van der Waals surface area contributed by atoms with Crippen LogP contribution in [0.15, 0.2) is 0 Å². The van der Waals surface area contributed by atoms with Crippen molar-refractivity contribution in [2.75, 3.05) is 13.2 Å². The third kappa shape index (κ3) is 2.46. The minimum Gasteiger partial charge on any atom is -0.480 e. The third-order valence-corrected chi connectivity index (χ3v) is 1.82. The number of nitrogens with one attached hydrogen (secondary N) is 1. The van der Waals surface area contributed by atoms with Crippen molar-refractivity contribution in [2.24, 2.45) is 5.92 Å². The largest absolute Gasteiger partial charge is 0.480 e. The van der Waals surface area contributed by atoms with Gasteiger partial charge in [0.1, 0.15) is 12.7 Å². The van der Waals surface area contributed by atoms with Gasteiger partial charge in [-0.3, -0.25) is 4.79 Å². The maximum absolute atomic E-state index is 11.6. The summed E-state index contributed by atoms with van der Waals surface area (Å²) < 4.78 is 11.6. The molecule has 0 saturated heterocycles. The molecule has 1 aliphatic carbocycles. The van der Waals surface area contributed by atoms with Crippen LogP contribution in [0.5, 0.6) is 0 Å². The van der Waals surface area contributed by atoms with Crippen LogP contribution in [-0.4, -0.2) is 30.3 Å². The molecule has 0 heterocycles. The summed E-state index contributed by atoms with van der Waals surface area (Å²) in [6.07, 6.45) is 1.91. The molecule has 1 saturated carbocycles. The second-order valence-corrected chi connectivity index (χ2v) is 2.80. The van der Waals surface area contributed by atoms with Gasteiger partial charge in [0, 0.05) is 6.54 Å². The Hall–Kier alpha value is -0.640. The van der Waals surface area contributed by atoms with E-state index in [0.29, 0.717) is 0 Å².